The molecule has 0 fully saturated rings. The number of carbonyl (C=O) groups is 1. The Morgan fingerprint density at radius 1 is 1.92 bits per heavy atom. The van der Waals surface area contributed by atoms with Crippen LogP contribution in [-0.2, 0) is 6.54 Å². The van der Waals surface area contributed by atoms with Crippen LogP contribution < -0.4 is 20.7 Å². The highest BCUT2D eigenvalue weighted by atomic mass is 16.8. The van der Waals surface area contributed by atoms with Gasteiger partial charge in [-0.1, -0.05) is 0 Å². The third-order valence-corrected chi connectivity index (χ3v) is 1.18. The van der Waals surface area contributed by atoms with Crippen molar-refractivity contribution >= 4 is 6.09 Å². The van der Waals surface area contributed by atoms with Crippen molar-refractivity contribution in [2.24, 2.45) is 5.73 Å². The van der Waals surface area contributed by atoms with Gasteiger partial charge in [-0.25, -0.2) is 4.79 Å². The quantitative estimate of drug-likeness (QED) is 0.556. The first-order valence-electron chi connectivity index (χ1n) is 3.35. The minimum absolute atomic E-state index is 0.0303. The SMILES string of the molecule is CNCc1no[n+]([O-])c1OC(N)=O. The van der Waals surface area contributed by atoms with Crippen molar-refractivity contribution in [3.63, 3.8) is 0 Å². The standard InChI is InChI=1S/C5H8N4O4/c1-7-2-3-4(12-5(6)10)9(11)13-8-3/h7H,2H2,1H3,(H2,6,10). The van der Waals surface area contributed by atoms with Gasteiger partial charge in [-0.2, -0.15) is 0 Å². The van der Waals surface area contributed by atoms with Crippen molar-refractivity contribution in [2.75, 3.05) is 7.05 Å². The Labute approximate surface area is 72.8 Å². The third-order valence-electron chi connectivity index (χ3n) is 1.18. The molecule has 8 nitrogen and oxygen atoms in total. The Balaban J connectivity index is 2.87. The highest BCUT2D eigenvalue weighted by molar-refractivity contribution is 5.67. The van der Waals surface area contributed by atoms with E-state index >= 15 is 0 Å². The molecule has 13 heavy (non-hydrogen) atoms. The first kappa shape index (κ1) is 9.26. The number of rotatable bonds is 3. The molecule has 0 unspecified atom stereocenters. The molecule has 0 saturated heterocycles. The smallest absolute Gasteiger partial charge is 0.367 e. The van der Waals surface area contributed by atoms with E-state index in [1.165, 1.54) is 0 Å². The summed E-state index contributed by atoms with van der Waals surface area (Å²) in [4.78, 5) is 10.3. The number of nitrogens with zero attached hydrogens (tertiary/aromatic N) is 2. The van der Waals surface area contributed by atoms with E-state index in [-0.39, 0.29) is 23.0 Å². The predicted molar refractivity (Wildman–Crippen MR) is 38.4 cm³/mol. The van der Waals surface area contributed by atoms with Crippen molar-refractivity contribution in [1.29, 1.82) is 0 Å². The van der Waals surface area contributed by atoms with Gasteiger partial charge in [-0.15, -0.1) is 0 Å². The van der Waals surface area contributed by atoms with E-state index in [1.807, 2.05) is 0 Å². The maximum atomic E-state index is 10.8. The Morgan fingerprint density at radius 2 is 2.62 bits per heavy atom. The van der Waals surface area contributed by atoms with Gasteiger partial charge in [0.2, 0.25) is 0 Å². The molecule has 1 heterocycles. The van der Waals surface area contributed by atoms with Crippen LogP contribution in [0.3, 0.4) is 0 Å². The minimum Gasteiger partial charge on any atom is -0.367 e. The largest absolute Gasteiger partial charge is 0.412 e. The number of hydrogen-bond donors (Lipinski definition) is 2. The summed E-state index contributed by atoms with van der Waals surface area (Å²) in [6, 6.07) is 0. The van der Waals surface area contributed by atoms with E-state index in [4.69, 9.17) is 5.73 Å². The molecule has 0 aliphatic heterocycles. The lowest BCUT2D eigenvalue weighted by Gasteiger charge is -1.95. The molecule has 72 valence electrons. The predicted octanol–water partition coefficient (Wildman–Crippen LogP) is -1.52. The lowest BCUT2D eigenvalue weighted by molar-refractivity contribution is -0.804. The molecule has 0 aliphatic carbocycles. The normalized spacial score (nSPS) is 9.92. The summed E-state index contributed by atoms with van der Waals surface area (Å²) in [5.41, 5.74) is 4.89. The lowest BCUT2D eigenvalue weighted by atomic mass is 10.4. The Hall–Kier alpha value is -1.83. The zero-order valence-electron chi connectivity index (χ0n) is 6.81. The van der Waals surface area contributed by atoms with Crippen molar-refractivity contribution in [3.8, 4) is 5.88 Å². The van der Waals surface area contributed by atoms with Crippen LogP contribution in [0.1, 0.15) is 5.69 Å². The van der Waals surface area contributed by atoms with Crippen LogP contribution >= 0.6 is 0 Å². The molecule has 0 spiro atoms. The van der Waals surface area contributed by atoms with Gasteiger partial charge >= 0.3 is 12.0 Å². The molecule has 1 aromatic rings. The number of nitrogens with one attached hydrogen (secondary N) is 1. The van der Waals surface area contributed by atoms with Gasteiger partial charge < -0.3 is 21.0 Å². The Bertz CT molecular complexity index is 309. The average molecular weight is 188 g/mol. The van der Waals surface area contributed by atoms with Crippen molar-refractivity contribution < 1.29 is 19.1 Å². The second-order valence-electron chi connectivity index (χ2n) is 2.13. The molecule has 0 bridgehead atoms. The molecule has 0 atom stereocenters. The number of ether oxygens (including phenoxy) is 1. The van der Waals surface area contributed by atoms with Crippen LogP contribution in [0, 0.1) is 5.21 Å². The summed E-state index contributed by atoms with van der Waals surface area (Å²) >= 11 is 0. The zero-order valence-corrected chi connectivity index (χ0v) is 6.81. The van der Waals surface area contributed by atoms with Gasteiger partial charge in [0.1, 0.15) is 0 Å². The topological polar surface area (TPSA) is 117 Å². The van der Waals surface area contributed by atoms with Gasteiger partial charge in [-0.3, -0.25) is 4.63 Å². The number of carbonyl (C=O) groups excluding carboxylic acids is 1. The van der Waals surface area contributed by atoms with Crippen LogP contribution in [0.5, 0.6) is 5.88 Å². The van der Waals surface area contributed by atoms with Crippen LogP contribution in [0.2, 0.25) is 0 Å². The van der Waals surface area contributed by atoms with Gasteiger partial charge in [0.25, 0.3) is 5.69 Å². The Morgan fingerprint density at radius 3 is 3.15 bits per heavy atom. The monoisotopic (exact) mass is 188 g/mol. The van der Waals surface area contributed by atoms with Crippen molar-refractivity contribution in [3.05, 3.63) is 10.9 Å². The number of aromatic nitrogens is 2. The average Bonchev–Trinajstić information content (AvgIpc) is 2.36. The summed E-state index contributed by atoms with van der Waals surface area (Å²) in [7, 11) is 1.64. The molecule has 0 radical (unpaired) electrons. The zero-order chi connectivity index (χ0) is 9.84. The molecule has 1 amide bonds. The van der Waals surface area contributed by atoms with Crippen molar-refractivity contribution in [1.82, 2.24) is 10.5 Å². The molecule has 8 heteroatoms. The summed E-state index contributed by atoms with van der Waals surface area (Å²) in [6.45, 7) is 0.237. The van der Waals surface area contributed by atoms with E-state index in [2.05, 4.69) is 19.8 Å². The molecule has 0 aromatic carbocycles. The number of nitrogens with two attached hydrogens (primary N) is 1. The first-order chi connectivity index (χ1) is 6.15. The maximum absolute atomic E-state index is 10.8. The summed E-state index contributed by atoms with van der Waals surface area (Å²) in [5, 5.41) is 16.8. The van der Waals surface area contributed by atoms with E-state index in [0.717, 1.165) is 0 Å². The fourth-order valence-corrected chi connectivity index (χ4v) is 0.735. The van der Waals surface area contributed by atoms with E-state index < -0.39 is 6.09 Å². The second-order valence-corrected chi connectivity index (χ2v) is 2.13. The molecular formula is C5H8N4O4. The summed E-state index contributed by atoms with van der Waals surface area (Å²) in [6.07, 6.45) is -1.09. The molecule has 1 rings (SSSR count). The Kier molecular flexibility index (Phi) is 2.65. The van der Waals surface area contributed by atoms with Gasteiger partial charge in [-0.05, 0) is 12.0 Å². The lowest BCUT2D eigenvalue weighted by Crippen LogP contribution is -2.30. The number of amides is 1. The third kappa shape index (κ3) is 2.06. The van der Waals surface area contributed by atoms with E-state index in [1.54, 1.807) is 7.05 Å². The van der Waals surface area contributed by atoms with Crippen LogP contribution in [0.25, 0.3) is 0 Å². The van der Waals surface area contributed by atoms with E-state index in [9.17, 15) is 10.0 Å². The highest BCUT2D eigenvalue weighted by Crippen LogP contribution is 2.09. The fraction of sp³-hybridized carbons (Fsp3) is 0.400. The molecule has 1 aromatic heterocycles. The number of hydrogen-bond acceptors (Lipinski definition) is 6. The summed E-state index contributed by atoms with van der Waals surface area (Å²) in [5.74, 6) is -0.346. The molecular weight excluding hydrogens is 180 g/mol. The van der Waals surface area contributed by atoms with Crippen LogP contribution in [-0.4, -0.2) is 18.3 Å². The highest BCUT2D eigenvalue weighted by Gasteiger charge is 2.21. The fourth-order valence-electron chi connectivity index (χ4n) is 0.735. The van der Waals surface area contributed by atoms with Crippen LogP contribution in [0.4, 0.5) is 4.79 Å². The molecule has 0 saturated carbocycles. The molecule has 0 aliphatic rings. The maximum Gasteiger partial charge on any atom is 0.412 e. The van der Waals surface area contributed by atoms with Gasteiger partial charge in [0.15, 0.2) is 0 Å². The van der Waals surface area contributed by atoms with Crippen molar-refractivity contribution in [2.45, 2.75) is 6.54 Å². The molecule has 3 N–H and O–H groups in total. The van der Waals surface area contributed by atoms with Gasteiger partial charge in [0.05, 0.1) is 6.54 Å². The van der Waals surface area contributed by atoms with Gasteiger partial charge in [0, 0.05) is 5.16 Å². The first-order valence-corrected chi connectivity index (χ1v) is 3.35. The van der Waals surface area contributed by atoms with Crippen LogP contribution in [0.15, 0.2) is 4.63 Å². The minimum atomic E-state index is -1.09. The number of primary amides is 1. The van der Waals surface area contributed by atoms with E-state index in [0.29, 0.717) is 0 Å². The summed E-state index contributed by atoms with van der Waals surface area (Å²) < 4.78 is 8.55. The second kappa shape index (κ2) is 3.72.